The standard InChI is InChI=1S/C26H26N4O5/c1-16(12-25(32)33)19-11-9-18(15-27-19)30(2)24(31)14-17-8-10-21-23(13-17)35-26(29-21)28-20-6-4-5-7-22(20)34-3/h4-11,13,15-16H,12,14H2,1-3H3,(H,28,29)(H,32,33). The van der Waals surface area contributed by atoms with Gasteiger partial charge in [0.1, 0.15) is 11.3 Å². The highest BCUT2D eigenvalue weighted by Gasteiger charge is 2.16. The van der Waals surface area contributed by atoms with Gasteiger partial charge in [0.2, 0.25) is 5.91 Å². The molecule has 2 heterocycles. The third-order valence-corrected chi connectivity index (χ3v) is 5.67. The first-order valence-electron chi connectivity index (χ1n) is 11.1. The fraction of sp³-hybridized carbons (Fsp3) is 0.231. The van der Waals surface area contributed by atoms with Crippen molar-refractivity contribution < 1.29 is 23.8 Å². The Kier molecular flexibility index (Phi) is 6.96. The number of hydrogen-bond donors (Lipinski definition) is 2. The molecule has 0 saturated carbocycles. The Hall–Kier alpha value is -4.40. The molecule has 4 rings (SSSR count). The van der Waals surface area contributed by atoms with Crippen LogP contribution in [0.5, 0.6) is 5.75 Å². The lowest BCUT2D eigenvalue weighted by Crippen LogP contribution is -2.28. The number of nitrogens with one attached hydrogen (secondary N) is 1. The average Bonchev–Trinajstić information content (AvgIpc) is 3.25. The number of amides is 1. The number of para-hydroxylation sites is 2. The van der Waals surface area contributed by atoms with E-state index in [1.165, 1.54) is 4.90 Å². The third kappa shape index (κ3) is 5.57. The van der Waals surface area contributed by atoms with Gasteiger partial charge in [-0.15, -0.1) is 0 Å². The summed E-state index contributed by atoms with van der Waals surface area (Å²) in [4.78, 5) is 34.1. The van der Waals surface area contributed by atoms with E-state index in [9.17, 15) is 9.59 Å². The monoisotopic (exact) mass is 474 g/mol. The van der Waals surface area contributed by atoms with E-state index in [-0.39, 0.29) is 24.7 Å². The van der Waals surface area contributed by atoms with Crippen LogP contribution in [0.4, 0.5) is 17.4 Å². The molecule has 0 saturated heterocycles. The largest absolute Gasteiger partial charge is 0.495 e. The van der Waals surface area contributed by atoms with Crippen molar-refractivity contribution in [1.29, 1.82) is 0 Å². The first-order valence-corrected chi connectivity index (χ1v) is 11.1. The van der Waals surface area contributed by atoms with Crippen molar-refractivity contribution in [2.75, 3.05) is 24.4 Å². The number of aromatic nitrogens is 2. The number of carbonyl (C=O) groups excluding carboxylic acids is 1. The molecule has 35 heavy (non-hydrogen) atoms. The second-order valence-electron chi connectivity index (χ2n) is 8.22. The van der Waals surface area contributed by atoms with Gasteiger partial charge < -0.3 is 24.5 Å². The number of rotatable bonds is 9. The van der Waals surface area contributed by atoms with Crippen molar-refractivity contribution in [2.24, 2.45) is 0 Å². The maximum atomic E-state index is 12.9. The molecule has 4 aromatic rings. The summed E-state index contributed by atoms with van der Waals surface area (Å²) in [6.07, 6.45) is 1.75. The van der Waals surface area contributed by atoms with Crippen LogP contribution < -0.4 is 15.0 Å². The SMILES string of the molecule is COc1ccccc1Nc1nc2ccc(CC(=O)N(C)c3ccc(C(C)CC(=O)O)nc3)cc2o1. The highest BCUT2D eigenvalue weighted by atomic mass is 16.5. The molecule has 0 aliphatic carbocycles. The molecular formula is C26H26N4O5. The van der Waals surface area contributed by atoms with E-state index < -0.39 is 5.97 Å². The van der Waals surface area contributed by atoms with Crippen LogP contribution in [0.25, 0.3) is 11.1 Å². The van der Waals surface area contributed by atoms with E-state index in [0.29, 0.717) is 34.2 Å². The molecule has 180 valence electrons. The van der Waals surface area contributed by atoms with E-state index in [0.717, 1.165) is 11.3 Å². The zero-order valence-electron chi connectivity index (χ0n) is 19.7. The minimum Gasteiger partial charge on any atom is -0.495 e. The number of benzene rings is 2. The number of hydrogen-bond acceptors (Lipinski definition) is 7. The summed E-state index contributed by atoms with van der Waals surface area (Å²) < 4.78 is 11.2. The van der Waals surface area contributed by atoms with Crippen molar-refractivity contribution >= 4 is 40.4 Å². The Morgan fingerprint density at radius 3 is 2.69 bits per heavy atom. The highest BCUT2D eigenvalue weighted by Crippen LogP contribution is 2.29. The Labute approximate surface area is 202 Å². The highest BCUT2D eigenvalue weighted by molar-refractivity contribution is 5.94. The van der Waals surface area contributed by atoms with Crippen molar-refractivity contribution in [3.8, 4) is 5.75 Å². The van der Waals surface area contributed by atoms with Crippen molar-refractivity contribution in [3.63, 3.8) is 0 Å². The molecule has 9 nitrogen and oxygen atoms in total. The lowest BCUT2D eigenvalue weighted by molar-refractivity contribution is -0.137. The van der Waals surface area contributed by atoms with Crippen LogP contribution in [-0.4, -0.2) is 41.1 Å². The molecule has 2 aromatic carbocycles. The first kappa shape index (κ1) is 23.7. The van der Waals surface area contributed by atoms with Gasteiger partial charge in [-0.1, -0.05) is 25.1 Å². The Bertz CT molecular complexity index is 1350. The van der Waals surface area contributed by atoms with Crippen LogP contribution in [0.15, 0.2) is 65.2 Å². The number of methoxy groups -OCH3 is 1. The summed E-state index contributed by atoms with van der Waals surface area (Å²) in [5, 5.41) is 12.1. The van der Waals surface area contributed by atoms with Crippen molar-refractivity contribution in [3.05, 3.63) is 72.1 Å². The number of likely N-dealkylation sites (N-methyl/N-ethyl adjacent to an activating group) is 1. The van der Waals surface area contributed by atoms with E-state index in [1.54, 1.807) is 38.6 Å². The molecule has 2 aromatic heterocycles. The molecule has 1 atom stereocenters. The summed E-state index contributed by atoms with van der Waals surface area (Å²) in [5.41, 5.74) is 4.05. The molecule has 0 aliphatic rings. The quantitative estimate of drug-likeness (QED) is 0.357. The third-order valence-electron chi connectivity index (χ3n) is 5.67. The first-order chi connectivity index (χ1) is 16.8. The van der Waals surface area contributed by atoms with E-state index in [2.05, 4.69) is 15.3 Å². The van der Waals surface area contributed by atoms with Crippen molar-refractivity contribution in [2.45, 2.75) is 25.7 Å². The summed E-state index contributed by atoms with van der Waals surface area (Å²) in [7, 11) is 3.28. The number of oxazole rings is 1. The number of ether oxygens (including phenoxy) is 1. The summed E-state index contributed by atoms with van der Waals surface area (Å²) >= 11 is 0. The normalized spacial score (nSPS) is 11.7. The number of aliphatic carboxylic acids is 1. The zero-order chi connectivity index (χ0) is 24.9. The maximum Gasteiger partial charge on any atom is 0.304 e. The lowest BCUT2D eigenvalue weighted by atomic mass is 10.0. The molecule has 0 bridgehead atoms. The Morgan fingerprint density at radius 2 is 1.97 bits per heavy atom. The van der Waals surface area contributed by atoms with Gasteiger partial charge in [0.25, 0.3) is 6.01 Å². The molecule has 9 heteroatoms. The van der Waals surface area contributed by atoms with Gasteiger partial charge in [0, 0.05) is 18.7 Å². The lowest BCUT2D eigenvalue weighted by Gasteiger charge is -2.18. The predicted octanol–water partition coefficient (Wildman–Crippen LogP) is 4.76. The number of anilines is 3. The number of carbonyl (C=O) groups is 2. The topological polar surface area (TPSA) is 118 Å². The molecule has 1 amide bonds. The van der Waals surface area contributed by atoms with E-state index in [4.69, 9.17) is 14.3 Å². The molecule has 2 N–H and O–H groups in total. The second-order valence-corrected chi connectivity index (χ2v) is 8.22. The average molecular weight is 475 g/mol. The van der Waals surface area contributed by atoms with Crippen LogP contribution in [0.2, 0.25) is 0 Å². The number of carboxylic acid groups (broad SMARTS) is 1. The van der Waals surface area contributed by atoms with Gasteiger partial charge >= 0.3 is 5.97 Å². The number of fused-ring (bicyclic) bond motifs is 1. The number of carboxylic acids is 1. The van der Waals surface area contributed by atoms with Gasteiger partial charge in [-0.05, 0) is 42.0 Å². The summed E-state index contributed by atoms with van der Waals surface area (Å²) in [5.74, 6) is -0.534. The smallest absolute Gasteiger partial charge is 0.304 e. The molecule has 0 fully saturated rings. The van der Waals surface area contributed by atoms with Crippen molar-refractivity contribution in [1.82, 2.24) is 9.97 Å². The Morgan fingerprint density at radius 1 is 1.17 bits per heavy atom. The maximum absolute atomic E-state index is 12.9. The minimum absolute atomic E-state index is 0.00135. The van der Waals surface area contributed by atoms with Gasteiger partial charge in [0.05, 0.1) is 37.5 Å². The molecular weight excluding hydrogens is 448 g/mol. The van der Waals surface area contributed by atoms with Crippen LogP contribution in [0, 0.1) is 0 Å². The van der Waals surface area contributed by atoms with E-state index >= 15 is 0 Å². The zero-order valence-corrected chi connectivity index (χ0v) is 19.7. The van der Waals surface area contributed by atoms with Gasteiger partial charge in [0.15, 0.2) is 5.58 Å². The van der Waals surface area contributed by atoms with Crippen LogP contribution in [0.3, 0.4) is 0 Å². The molecule has 0 spiro atoms. The van der Waals surface area contributed by atoms with E-state index in [1.807, 2.05) is 43.3 Å². The molecule has 1 unspecified atom stereocenters. The minimum atomic E-state index is -0.873. The Balaban J connectivity index is 1.44. The van der Waals surface area contributed by atoms with Gasteiger partial charge in [-0.25, -0.2) is 0 Å². The van der Waals surface area contributed by atoms with Crippen LogP contribution >= 0.6 is 0 Å². The predicted molar refractivity (Wildman–Crippen MR) is 132 cm³/mol. The van der Waals surface area contributed by atoms with Gasteiger partial charge in [-0.2, -0.15) is 4.98 Å². The molecule has 0 aliphatic heterocycles. The number of pyridine rings is 1. The fourth-order valence-electron chi connectivity index (χ4n) is 3.69. The molecule has 0 radical (unpaired) electrons. The second kappa shape index (κ2) is 10.3. The van der Waals surface area contributed by atoms with Gasteiger partial charge in [-0.3, -0.25) is 14.6 Å². The van der Waals surface area contributed by atoms with Crippen LogP contribution in [0.1, 0.15) is 30.5 Å². The summed E-state index contributed by atoms with van der Waals surface area (Å²) in [6.45, 7) is 1.81. The number of nitrogens with zero attached hydrogens (tertiary/aromatic N) is 3. The van der Waals surface area contributed by atoms with Crippen LogP contribution in [-0.2, 0) is 16.0 Å². The fourth-order valence-corrected chi connectivity index (χ4v) is 3.69. The summed E-state index contributed by atoms with van der Waals surface area (Å²) in [6, 6.07) is 16.8.